The number of pyridine rings is 1. The van der Waals surface area contributed by atoms with Gasteiger partial charge in [-0.15, -0.1) is 0 Å². The lowest BCUT2D eigenvalue weighted by molar-refractivity contribution is 0.0954. The Labute approximate surface area is 183 Å². The molecule has 3 aromatic carbocycles. The highest BCUT2D eigenvalue weighted by Gasteiger charge is 2.13. The molecule has 0 spiro atoms. The van der Waals surface area contributed by atoms with E-state index in [2.05, 4.69) is 27.6 Å². The number of ether oxygens (including phenoxy) is 1. The second kappa shape index (κ2) is 8.93. The molecule has 158 valence electrons. The van der Waals surface area contributed by atoms with Gasteiger partial charge in [0.2, 0.25) is 0 Å². The van der Waals surface area contributed by atoms with E-state index in [1.165, 1.54) is 6.21 Å². The summed E-state index contributed by atoms with van der Waals surface area (Å²) in [5.74, 6) is -2.11. The average Bonchev–Trinajstić information content (AvgIpc) is 2.82. The molecule has 0 fully saturated rings. The molecule has 4 aromatic rings. The topological polar surface area (TPSA) is 124 Å². The number of aromatic nitrogens is 1. The van der Waals surface area contributed by atoms with Gasteiger partial charge in [0.05, 0.1) is 11.9 Å². The maximum Gasteiger partial charge on any atom is 0.271 e. The van der Waals surface area contributed by atoms with Crippen molar-refractivity contribution < 1.29 is 24.9 Å². The Hall–Kier alpha value is -4.77. The first-order valence-electron chi connectivity index (χ1n) is 9.49. The highest BCUT2D eigenvalue weighted by molar-refractivity contribution is 6.03. The second-order valence-electron chi connectivity index (χ2n) is 6.71. The van der Waals surface area contributed by atoms with Gasteiger partial charge in [-0.3, -0.25) is 9.78 Å². The predicted molar refractivity (Wildman–Crippen MR) is 117 cm³/mol. The van der Waals surface area contributed by atoms with Gasteiger partial charge in [-0.25, -0.2) is 5.43 Å². The first-order valence-corrected chi connectivity index (χ1v) is 9.49. The smallest absolute Gasteiger partial charge is 0.271 e. The zero-order valence-corrected chi connectivity index (χ0v) is 16.6. The predicted octanol–water partition coefficient (Wildman–Crippen LogP) is 3.29. The molecule has 0 aliphatic carbocycles. The molecule has 1 aromatic heterocycles. The van der Waals surface area contributed by atoms with Gasteiger partial charge in [0, 0.05) is 28.1 Å². The van der Waals surface area contributed by atoms with Crippen LogP contribution in [-0.4, -0.2) is 32.4 Å². The van der Waals surface area contributed by atoms with Crippen molar-refractivity contribution in [2.45, 2.75) is 6.61 Å². The van der Waals surface area contributed by atoms with E-state index in [1.54, 1.807) is 18.3 Å². The summed E-state index contributed by atoms with van der Waals surface area (Å²) in [6.07, 6.45) is 3.11. The molecular weight excluding hydrogens is 410 g/mol. The van der Waals surface area contributed by atoms with Crippen LogP contribution < -0.4 is 10.2 Å². The molecule has 8 heteroatoms. The molecule has 0 unspecified atom stereocenters. The summed E-state index contributed by atoms with van der Waals surface area (Å²) >= 11 is 0. The molecule has 32 heavy (non-hydrogen) atoms. The Balaban J connectivity index is 1.59. The van der Waals surface area contributed by atoms with Crippen LogP contribution in [0.25, 0.3) is 10.8 Å². The minimum absolute atomic E-state index is 0.0811. The molecule has 0 bridgehead atoms. The normalized spacial score (nSPS) is 10.8. The Morgan fingerprint density at radius 2 is 1.94 bits per heavy atom. The van der Waals surface area contributed by atoms with E-state index in [9.17, 15) is 20.1 Å². The van der Waals surface area contributed by atoms with Gasteiger partial charge in [0.15, 0.2) is 17.2 Å². The van der Waals surface area contributed by atoms with Crippen LogP contribution in [0, 0.1) is 12.1 Å². The van der Waals surface area contributed by atoms with Gasteiger partial charge in [0.1, 0.15) is 12.4 Å². The monoisotopic (exact) mass is 427 g/mol. The van der Waals surface area contributed by atoms with Crippen molar-refractivity contribution in [3.05, 3.63) is 89.7 Å². The van der Waals surface area contributed by atoms with Crippen molar-refractivity contribution in [3.8, 4) is 23.0 Å². The molecular formula is C24H17N3O5. The van der Waals surface area contributed by atoms with E-state index in [0.29, 0.717) is 11.3 Å². The Bertz CT molecular complexity index is 1280. The Kier molecular flexibility index (Phi) is 5.72. The Morgan fingerprint density at radius 1 is 1.12 bits per heavy atom. The zero-order chi connectivity index (χ0) is 22.5. The molecule has 0 saturated carbocycles. The summed E-state index contributed by atoms with van der Waals surface area (Å²) in [6, 6.07) is 20.6. The van der Waals surface area contributed by atoms with Crippen LogP contribution in [0.3, 0.4) is 0 Å². The standard InChI is InChI=1S/C24H17N3O5/c28-20-11-16(12-21(29)23(20)30)24(31)27-26-13-19-18-7-2-1-5-15(18)8-9-22(19)32-14-17-6-3-4-10-25-17/h2-4,6-13,28-30H,14H2,(H,27,31)/b26-13+. The number of aromatic hydroxyl groups is 3. The number of rotatable bonds is 6. The number of carbonyl (C=O) groups is 1. The van der Waals surface area contributed by atoms with Crippen LogP contribution in [0.5, 0.6) is 23.0 Å². The number of amides is 1. The summed E-state index contributed by atoms with van der Waals surface area (Å²) in [6.45, 7) is 0.244. The quantitative estimate of drug-likeness (QED) is 0.213. The number of hydrogen-bond acceptors (Lipinski definition) is 7. The summed E-state index contributed by atoms with van der Waals surface area (Å²) < 4.78 is 5.93. The van der Waals surface area contributed by atoms with Crippen molar-refractivity contribution in [3.63, 3.8) is 0 Å². The van der Waals surface area contributed by atoms with Gasteiger partial charge in [-0.05, 0) is 48.5 Å². The molecule has 0 aliphatic heterocycles. The number of carbonyl (C=O) groups excluding carboxylic acids is 1. The van der Waals surface area contributed by atoms with Gasteiger partial charge < -0.3 is 20.1 Å². The lowest BCUT2D eigenvalue weighted by atomic mass is 10.1. The SMILES string of the molecule is O=C(N/N=C/c1c(OCc2ccccn2)ccc2c#cccc12)c1cc(O)c(O)c(O)c1. The number of hydrazone groups is 1. The van der Waals surface area contributed by atoms with Gasteiger partial charge in [-0.1, -0.05) is 18.2 Å². The number of benzene rings is 2. The summed E-state index contributed by atoms with van der Waals surface area (Å²) in [4.78, 5) is 16.6. The molecule has 4 N–H and O–H groups in total. The molecule has 0 atom stereocenters. The largest absolute Gasteiger partial charge is 0.504 e. The molecule has 8 nitrogen and oxygen atoms in total. The lowest BCUT2D eigenvalue weighted by Crippen LogP contribution is -2.17. The van der Waals surface area contributed by atoms with Crippen molar-refractivity contribution >= 4 is 22.9 Å². The Morgan fingerprint density at radius 3 is 2.69 bits per heavy atom. The van der Waals surface area contributed by atoms with E-state index >= 15 is 0 Å². The number of fused-ring (bicyclic) bond motifs is 1. The fourth-order valence-corrected chi connectivity index (χ4v) is 3.00. The van der Waals surface area contributed by atoms with E-state index in [0.717, 1.165) is 28.6 Å². The van der Waals surface area contributed by atoms with E-state index in [4.69, 9.17) is 4.74 Å². The highest BCUT2D eigenvalue weighted by Crippen LogP contribution is 2.35. The fraction of sp³-hybridized carbons (Fsp3) is 0.0417. The molecule has 0 aliphatic rings. The molecule has 1 heterocycles. The average molecular weight is 427 g/mol. The third-order valence-corrected chi connectivity index (χ3v) is 4.58. The van der Waals surface area contributed by atoms with Gasteiger partial charge in [-0.2, -0.15) is 5.10 Å². The van der Waals surface area contributed by atoms with Crippen LogP contribution in [0.4, 0.5) is 0 Å². The zero-order valence-electron chi connectivity index (χ0n) is 16.6. The van der Waals surface area contributed by atoms with Gasteiger partial charge >= 0.3 is 0 Å². The first kappa shape index (κ1) is 20.5. The number of hydrogen-bond donors (Lipinski definition) is 4. The van der Waals surface area contributed by atoms with Crippen LogP contribution >= 0.6 is 0 Å². The number of nitrogens with zero attached hydrogens (tertiary/aromatic N) is 2. The maximum absolute atomic E-state index is 12.3. The second-order valence-corrected chi connectivity index (χ2v) is 6.71. The highest BCUT2D eigenvalue weighted by atomic mass is 16.5. The molecule has 0 saturated heterocycles. The van der Waals surface area contributed by atoms with Crippen LogP contribution in [0.15, 0.2) is 65.9 Å². The summed E-state index contributed by atoms with van der Waals surface area (Å²) in [5.41, 5.74) is 3.61. The van der Waals surface area contributed by atoms with E-state index < -0.39 is 23.2 Å². The molecule has 0 radical (unpaired) electrons. The van der Waals surface area contributed by atoms with E-state index in [-0.39, 0.29) is 12.2 Å². The third kappa shape index (κ3) is 4.37. The van der Waals surface area contributed by atoms with Crippen LogP contribution in [0.1, 0.15) is 21.6 Å². The van der Waals surface area contributed by atoms with Crippen LogP contribution in [0.2, 0.25) is 0 Å². The number of phenols is 3. The van der Waals surface area contributed by atoms with E-state index in [1.807, 2.05) is 30.3 Å². The van der Waals surface area contributed by atoms with Crippen molar-refractivity contribution in [2.75, 3.05) is 0 Å². The fourth-order valence-electron chi connectivity index (χ4n) is 3.00. The third-order valence-electron chi connectivity index (χ3n) is 4.58. The van der Waals surface area contributed by atoms with Crippen molar-refractivity contribution in [1.29, 1.82) is 0 Å². The lowest BCUT2D eigenvalue weighted by Gasteiger charge is -2.11. The van der Waals surface area contributed by atoms with Crippen LogP contribution in [-0.2, 0) is 6.61 Å². The maximum atomic E-state index is 12.3. The number of phenolic OH excluding ortho intramolecular Hbond substituents is 3. The summed E-state index contributed by atoms with van der Waals surface area (Å²) in [7, 11) is 0. The van der Waals surface area contributed by atoms with Gasteiger partial charge in [0.25, 0.3) is 5.91 Å². The minimum Gasteiger partial charge on any atom is -0.504 e. The van der Waals surface area contributed by atoms with Crippen molar-refractivity contribution in [1.82, 2.24) is 10.4 Å². The molecule has 1 amide bonds. The summed E-state index contributed by atoms with van der Waals surface area (Å²) in [5, 5.41) is 34.2. The molecule has 4 rings (SSSR count). The van der Waals surface area contributed by atoms with Crippen molar-refractivity contribution in [2.24, 2.45) is 5.10 Å². The first-order chi connectivity index (χ1) is 15.5. The minimum atomic E-state index is -0.705. The number of nitrogens with one attached hydrogen (secondary N) is 1.